The van der Waals surface area contributed by atoms with Crippen LogP contribution in [0, 0.1) is 0 Å². The topological polar surface area (TPSA) is 37.1 Å². The van der Waals surface area contributed by atoms with Gasteiger partial charge in [-0.25, -0.2) is 0 Å². The predicted octanol–water partition coefficient (Wildman–Crippen LogP) is 11.8. The van der Waals surface area contributed by atoms with Gasteiger partial charge in [0.15, 0.2) is 0 Å². The normalized spacial score (nSPS) is 14.7. The fourth-order valence-corrected chi connectivity index (χ4v) is 60.4. The van der Waals surface area contributed by atoms with Gasteiger partial charge in [0.25, 0.3) is 0 Å². The first-order chi connectivity index (χ1) is 15.6. The molecule has 0 saturated heterocycles. The Labute approximate surface area is 228 Å². The Morgan fingerprint density at radius 3 is 0.514 bits per heavy atom. The second-order valence-corrected chi connectivity index (χ2v) is 38.8. The summed E-state index contributed by atoms with van der Waals surface area (Å²) in [5, 5.41) is 0. The molecule has 0 aliphatic heterocycles. The van der Waals surface area contributed by atoms with Crippen LogP contribution in [0.2, 0.25) is 4.94 Å². The van der Waals surface area contributed by atoms with Crippen molar-refractivity contribution >= 4 is 40.4 Å². The molecule has 0 aromatic rings. The van der Waals surface area contributed by atoms with E-state index in [0.29, 0.717) is 50.9 Å². The third-order valence-electron chi connectivity index (χ3n) is 8.53. The minimum absolute atomic E-state index is 0.582. The Morgan fingerprint density at radius 2 is 0.429 bits per heavy atom. The van der Waals surface area contributed by atoms with E-state index in [9.17, 15) is 0 Å². The van der Waals surface area contributed by atoms with Gasteiger partial charge in [-0.3, -0.25) is 0 Å². The van der Waals surface area contributed by atoms with E-state index in [1.807, 2.05) is 0 Å². The van der Waals surface area contributed by atoms with Crippen LogP contribution in [-0.2, 0) is 0 Å². The molecule has 0 amide bonds. The van der Waals surface area contributed by atoms with Crippen LogP contribution in [0.4, 0.5) is 0 Å². The number of nitrogens with zero attached hydrogens (tertiary/aromatic N) is 3. The molecule has 0 fully saturated rings. The Bertz CT molecular complexity index is 641. The van der Waals surface area contributed by atoms with E-state index in [2.05, 4.69) is 130 Å². The van der Waals surface area contributed by atoms with Crippen molar-refractivity contribution in [3.8, 4) is 0 Å². The first-order valence-electron chi connectivity index (χ1n) is 14.5. The summed E-state index contributed by atoms with van der Waals surface area (Å²) in [6.07, 6.45) is 0. The zero-order valence-electron chi connectivity index (χ0n) is 27.4. The van der Waals surface area contributed by atoms with Crippen molar-refractivity contribution in [3.05, 3.63) is 0 Å². The molecule has 35 heavy (non-hydrogen) atoms. The zero-order chi connectivity index (χ0) is 28.3. The molecule has 0 spiro atoms. The molecule has 0 bridgehead atoms. The van der Waals surface area contributed by atoms with Crippen molar-refractivity contribution < 1.29 is 0 Å². The van der Waals surface area contributed by atoms with E-state index in [-0.39, 0.29) is 0 Å². The molecule has 0 aromatic heterocycles. The molecule has 0 aromatic carbocycles. The van der Waals surface area contributed by atoms with Crippen molar-refractivity contribution in [1.82, 2.24) is 0 Å². The van der Waals surface area contributed by atoms with Crippen LogP contribution in [0.25, 0.3) is 0 Å². The van der Waals surface area contributed by atoms with E-state index in [1.165, 1.54) is 0 Å². The van der Waals surface area contributed by atoms with Crippen molar-refractivity contribution in [2.45, 2.75) is 180 Å². The van der Waals surface area contributed by atoms with Crippen molar-refractivity contribution in [1.29, 1.82) is 0 Å². The van der Waals surface area contributed by atoms with Crippen molar-refractivity contribution in [2.75, 3.05) is 0 Å². The van der Waals surface area contributed by atoms with Crippen LogP contribution in [-0.4, -0.2) is 70.1 Å². The van der Waals surface area contributed by atoms with Crippen molar-refractivity contribution in [2.24, 2.45) is 8.90 Å². The predicted molar refractivity (Wildman–Crippen MR) is 176 cm³/mol. The van der Waals surface area contributed by atoms with E-state index >= 15 is 0 Å². The van der Waals surface area contributed by atoms with Gasteiger partial charge in [0.05, 0.1) is 0 Å². The summed E-state index contributed by atoms with van der Waals surface area (Å²) in [5.74, 6) is 0. The van der Waals surface area contributed by atoms with E-state index in [1.54, 1.807) is 0 Å². The number of rotatable bonds is 12. The number of hydrogen-bond donors (Lipinski definition) is 0. The van der Waals surface area contributed by atoms with Gasteiger partial charge in [0.2, 0.25) is 0 Å². The van der Waals surface area contributed by atoms with E-state index < -0.39 is 40.4 Å². The Kier molecular flexibility index (Phi) is 14.3. The van der Waals surface area contributed by atoms with E-state index in [0.717, 1.165) is 0 Å². The maximum atomic E-state index is 6.25. The summed E-state index contributed by atoms with van der Waals surface area (Å²) in [4.78, 5) is 2.53. The quantitative estimate of drug-likeness (QED) is 0.148. The van der Waals surface area contributed by atoms with Gasteiger partial charge in [0.1, 0.15) is 0 Å². The SMILES string of the molecule is CC(C)P(=[N][Sn]([CH3])([N]=P(C(C)C)(C(C)C)C(C)C)[N]=P(C(C)C)(C(C)C)C(C)C)(C(C)C)C(C)C. The molecule has 0 aliphatic rings. The summed E-state index contributed by atoms with van der Waals surface area (Å²) < 4.78 is 18.7. The third-order valence-corrected chi connectivity index (χ3v) is 44.2. The monoisotopic (exact) mass is 657 g/mol. The molecule has 0 saturated carbocycles. The van der Waals surface area contributed by atoms with Gasteiger partial charge in [0, 0.05) is 0 Å². The average molecular weight is 656 g/mol. The first kappa shape index (κ1) is 36.5. The molecule has 0 rings (SSSR count). The molecule has 0 N–H and O–H groups in total. The zero-order valence-corrected chi connectivity index (χ0v) is 32.9. The molecule has 0 heterocycles. The summed E-state index contributed by atoms with van der Waals surface area (Å²) in [6, 6.07) is 0. The average Bonchev–Trinajstić information content (AvgIpc) is 2.66. The van der Waals surface area contributed by atoms with E-state index in [4.69, 9.17) is 8.90 Å². The summed E-state index contributed by atoms with van der Waals surface area (Å²) in [6.45, 7) is 43.9. The summed E-state index contributed by atoms with van der Waals surface area (Å²) in [5.41, 5.74) is 5.24. The summed E-state index contributed by atoms with van der Waals surface area (Å²) >= 11 is -3.73. The summed E-state index contributed by atoms with van der Waals surface area (Å²) in [7, 11) is -4.86. The molecule has 7 heteroatoms. The molecule has 0 aliphatic carbocycles. The first-order valence-corrected chi connectivity index (χ1v) is 27.0. The standard InChI is InChI=1S/3C9H21NP.CH3.Sn/c3*1-7(2)11(10,8(3)4)9(5)6;;/h3*7-9H,1-6H3;1H3;/q3*-1;;+3. The Balaban J connectivity index is 8.48. The molecule has 0 atom stereocenters. The second kappa shape index (κ2) is 13.7. The van der Waals surface area contributed by atoms with Gasteiger partial charge in [-0.2, -0.15) is 0 Å². The van der Waals surface area contributed by atoms with Gasteiger partial charge in [-0.1, -0.05) is 0 Å². The maximum absolute atomic E-state index is 6.25. The van der Waals surface area contributed by atoms with Gasteiger partial charge in [-0.05, 0) is 0 Å². The molecule has 0 unspecified atom stereocenters. The third kappa shape index (κ3) is 7.37. The van der Waals surface area contributed by atoms with Crippen molar-refractivity contribution in [3.63, 3.8) is 0 Å². The number of hydrogen-bond acceptors (Lipinski definition) is 3. The Morgan fingerprint density at radius 1 is 0.314 bits per heavy atom. The van der Waals surface area contributed by atoms with Crippen LogP contribution in [0.15, 0.2) is 8.90 Å². The van der Waals surface area contributed by atoms with Crippen LogP contribution in [0.5, 0.6) is 0 Å². The Hall–Kier alpha value is 1.49. The molecule has 3 nitrogen and oxygen atoms in total. The van der Waals surface area contributed by atoms with Crippen LogP contribution in [0.1, 0.15) is 125 Å². The molecule has 212 valence electrons. The molecular formula is C28H66N3P3Sn. The fraction of sp³-hybridized carbons (Fsp3) is 1.00. The second-order valence-electron chi connectivity index (χ2n) is 13.5. The fourth-order valence-electron chi connectivity index (χ4n) is 7.45. The molecular weight excluding hydrogens is 590 g/mol. The van der Waals surface area contributed by atoms with Gasteiger partial charge in [-0.15, -0.1) is 0 Å². The van der Waals surface area contributed by atoms with Crippen LogP contribution < -0.4 is 0 Å². The minimum atomic E-state index is -3.73. The van der Waals surface area contributed by atoms with Gasteiger partial charge < -0.3 is 0 Å². The molecule has 0 radical (unpaired) electrons. The van der Waals surface area contributed by atoms with Gasteiger partial charge >= 0.3 is 230 Å². The van der Waals surface area contributed by atoms with Crippen LogP contribution in [0.3, 0.4) is 0 Å². The van der Waals surface area contributed by atoms with Crippen LogP contribution >= 0.6 is 21.2 Å².